The summed E-state index contributed by atoms with van der Waals surface area (Å²) in [5.74, 6) is -0.732. The van der Waals surface area contributed by atoms with Crippen LogP contribution >= 0.6 is 0 Å². The number of methoxy groups -OCH3 is 1. The van der Waals surface area contributed by atoms with Crippen molar-refractivity contribution in [2.45, 2.75) is 33.1 Å². The Kier molecular flexibility index (Phi) is 6.06. The molecule has 0 aliphatic heterocycles. The van der Waals surface area contributed by atoms with Gasteiger partial charge in [0, 0.05) is 0 Å². The Labute approximate surface area is 113 Å². The SMILES string of the molecule is CCCc1cccc(CC(=O)OC)c1C(=O)OCC. The van der Waals surface area contributed by atoms with Gasteiger partial charge in [0.15, 0.2) is 0 Å². The summed E-state index contributed by atoms with van der Waals surface area (Å²) in [4.78, 5) is 23.5. The van der Waals surface area contributed by atoms with Crippen LogP contribution in [0, 0.1) is 0 Å². The Morgan fingerprint density at radius 1 is 1.16 bits per heavy atom. The molecule has 0 unspecified atom stereocenters. The number of carbonyl (C=O) groups is 2. The number of hydrogen-bond acceptors (Lipinski definition) is 4. The van der Waals surface area contributed by atoms with Crippen molar-refractivity contribution in [3.8, 4) is 0 Å². The minimum absolute atomic E-state index is 0.0855. The first-order valence-electron chi connectivity index (χ1n) is 6.48. The van der Waals surface area contributed by atoms with E-state index >= 15 is 0 Å². The van der Waals surface area contributed by atoms with E-state index in [-0.39, 0.29) is 18.4 Å². The van der Waals surface area contributed by atoms with Crippen LogP contribution in [0.5, 0.6) is 0 Å². The highest BCUT2D eigenvalue weighted by atomic mass is 16.5. The van der Waals surface area contributed by atoms with Crippen molar-refractivity contribution in [2.75, 3.05) is 13.7 Å². The first kappa shape index (κ1) is 15.2. The third-order valence-electron chi connectivity index (χ3n) is 2.80. The van der Waals surface area contributed by atoms with E-state index in [1.165, 1.54) is 7.11 Å². The van der Waals surface area contributed by atoms with Crippen molar-refractivity contribution < 1.29 is 19.1 Å². The third kappa shape index (κ3) is 4.09. The van der Waals surface area contributed by atoms with E-state index < -0.39 is 0 Å². The average Bonchev–Trinajstić information content (AvgIpc) is 2.39. The summed E-state index contributed by atoms with van der Waals surface area (Å²) in [5.41, 5.74) is 2.09. The fourth-order valence-corrected chi connectivity index (χ4v) is 1.97. The van der Waals surface area contributed by atoms with Crippen molar-refractivity contribution in [2.24, 2.45) is 0 Å². The van der Waals surface area contributed by atoms with Crippen LogP contribution in [-0.2, 0) is 27.1 Å². The monoisotopic (exact) mass is 264 g/mol. The number of hydrogen-bond donors (Lipinski definition) is 0. The quantitative estimate of drug-likeness (QED) is 0.741. The zero-order chi connectivity index (χ0) is 14.3. The zero-order valence-corrected chi connectivity index (χ0v) is 11.7. The van der Waals surface area contributed by atoms with Gasteiger partial charge in [-0.3, -0.25) is 4.79 Å². The molecular formula is C15H20O4. The second-order valence-corrected chi connectivity index (χ2v) is 4.17. The van der Waals surface area contributed by atoms with Crippen LogP contribution in [0.15, 0.2) is 18.2 Å². The molecule has 0 spiro atoms. The summed E-state index contributed by atoms with van der Waals surface area (Å²) in [7, 11) is 1.34. The highest BCUT2D eigenvalue weighted by Gasteiger charge is 2.18. The fourth-order valence-electron chi connectivity index (χ4n) is 1.97. The maximum absolute atomic E-state index is 12.1. The van der Waals surface area contributed by atoms with Crippen molar-refractivity contribution in [3.63, 3.8) is 0 Å². The van der Waals surface area contributed by atoms with Gasteiger partial charge in [-0.25, -0.2) is 4.79 Å². The van der Waals surface area contributed by atoms with Crippen LogP contribution in [0.2, 0.25) is 0 Å². The van der Waals surface area contributed by atoms with Gasteiger partial charge in [0.1, 0.15) is 0 Å². The molecule has 0 aliphatic rings. The molecule has 0 bridgehead atoms. The minimum Gasteiger partial charge on any atom is -0.469 e. The van der Waals surface area contributed by atoms with E-state index in [1.807, 2.05) is 19.1 Å². The molecule has 4 heteroatoms. The lowest BCUT2D eigenvalue weighted by Crippen LogP contribution is -2.15. The molecule has 0 aromatic heterocycles. The van der Waals surface area contributed by atoms with Gasteiger partial charge in [0.25, 0.3) is 0 Å². The van der Waals surface area contributed by atoms with Crippen LogP contribution in [0.1, 0.15) is 41.8 Å². The fraction of sp³-hybridized carbons (Fsp3) is 0.467. The molecule has 1 rings (SSSR count). The molecule has 0 heterocycles. The number of rotatable bonds is 6. The van der Waals surface area contributed by atoms with Crippen LogP contribution in [0.4, 0.5) is 0 Å². The van der Waals surface area contributed by atoms with E-state index in [0.29, 0.717) is 17.7 Å². The topological polar surface area (TPSA) is 52.6 Å². The minimum atomic E-state index is -0.370. The highest BCUT2D eigenvalue weighted by Crippen LogP contribution is 2.19. The summed E-state index contributed by atoms with van der Waals surface area (Å²) in [6.07, 6.45) is 1.79. The molecule has 0 amide bonds. The maximum atomic E-state index is 12.1. The molecule has 1 aromatic rings. The number of aryl methyl sites for hydroxylation is 1. The van der Waals surface area contributed by atoms with E-state index in [0.717, 1.165) is 18.4 Å². The summed E-state index contributed by atoms with van der Waals surface area (Å²) >= 11 is 0. The molecule has 104 valence electrons. The molecule has 0 radical (unpaired) electrons. The molecule has 0 saturated heterocycles. The van der Waals surface area contributed by atoms with Crippen LogP contribution in [-0.4, -0.2) is 25.7 Å². The Bertz CT molecular complexity index is 451. The highest BCUT2D eigenvalue weighted by molar-refractivity contribution is 5.94. The number of esters is 2. The zero-order valence-electron chi connectivity index (χ0n) is 11.7. The molecule has 1 aromatic carbocycles. The first-order valence-corrected chi connectivity index (χ1v) is 6.48. The maximum Gasteiger partial charge on any atom is 0.338 e. The van der Waals surface area contributed by atoms with E-state index in [4.69, 9.17) is 4.74 Å². The van der Waals surface area contributed by atoms with Gasteiger partial charge >= 0.3 is 11.9 Å². The molecule has 0 atom stereocenters. The number of ether oxygens (including phenoxy) is 2. The number of benzene rings is 1. The Morgan fingerprint density at radius 2 is 1.84 bits per heavy atom. The van der Waals surface area contributed by atoms with Gasteiger partial charge in [-0.15, -0.1) is 0 Å². The standard InChI is InChI=1S/C15H20O4/c1-4-7-11-8-6-9-12(10-13(16)18-3)14(11)15(17)19-5-2/h6,8-9H,4-5,7,10H2,1-3H3. The summed E-state index contributed by atoms with van der Waals surface area (Å²) in [5, 5.41) is 0. The molecule has 0 aliphatic carbocycles. The van der Waals surface area contributed by atoms with Crippen molar-refractivity contribution in [3.05, 3.63) is 34.9 Å². The van der Waals surface area contributed by atoms with Crippen molar-refractivity contribution >= 4 is 11.9 Å². The van der Waals surface area contributed by atoms with E-state index in [1.54, 1.807) is 13.0 Å². The van der Waals surface area contributed by atoms with Gasteiger partial charge in [-0.1, -0.05) is 31.5 Å². The van der Waals surface area contributed by atoms with Crippen LogP contribution in [0.25, 0.3) is 0 Å². The predicted molar refractivity (Wildman–Crippen MR) is 72.1 cm³/mol. The predicted octanol–water partition coefficient (Wildman–Crippen LogP) is 2.53. The Balaban J connectivity index is 3.17. The summed E-state index contributed by atoms with van der Waals surface area (Å²) in [6.45, 7) is 4.12. The van der Waals surface area contributed by atoms with E-state index in [9.17, 15) is 9.59 Å². The summed E-state index contributed by atoms with van der Waals surface area (Å²) in [6, 6.07) is 5.52. The molecule has 19 heavy (non-hydrogen) atoms. The van der Waals surface area contributed by atoms with Crippen LogP contribution < -0.4 is 0 Å². The lowest BCUT2D eigenvalue weighted by Gasteiger charge is -2.12. The second kappa shape index (κ2) is 7.56. The average molecular weight is 264 g/mol. The normalized spacial score (nSPS) is 10.1. The molecule has 4 nitrogen and oxygen atoms in total. The number of carbonyl (C=O) groups excluding carboxylic acids is 2. The molecule has 0 N–H and O–H groups in total. The lowest BCUT2D eigenvalue weighted by molar-refractivity contribution is -0.139. The van der Waals surface area contributed by atoms with Crippen LogP contribution in [0.3, 0.4) is 0 Å². The van der Waals surface area contributed by atoms with Gasteiger partial charge in [0.2, 0.25) is 0 Å². The Hall–Kier alpha value is -1.84. The largest absolute Gasteiger partial charge is 0.469 e. The van der Waals surface area contributed by atoms with Crippen molar-refractivity contribution in [1.82, 2.24) is 0 Å². The summed E-state index contributed by atoms with van der Waals surface area (Å²) < 4.78 is 9.74. The van der Waals surface area contributed by atoms with E-state index in [2.05, 4.69) is 4.74 Å². The van der Waals surface area contributed by atoms with Gasteiger partial charge in [0.05, 0.1) is 25.7 Å². The first-order chi connectivity index (χ1) is 9.13. The smallest absolute Gasteiger partial charge is 0.338 e. The lowest BCUT2D eigenvalue weighted by atomic mass is 9.96. The molecule has 0 fully saturated rings. The van der Waals surface area contributed by atoms with Gasteiger partial charge in [-0.05, 0) is 24.5 Å². The molecule has 0 saturated carbocycles. The Morgan fingerprint density at radius 3 is 2.42 bits per heavy atom. The third-order valence-corrected chi connectivity index (χ3v) is 2.80. The molecular weight excluding hydrogens is 244 g/mol. The van der Waals surface area contributed by atoms with Gasteiger partial charge in [-0.2, -0.15) is 0 Å². The van der Waals surface area contributed by atoms with Gasteiger partial charge < -0.3 is 9.47 Å². The van der Waals surface area contributed by atoms with Crippen molar-refractivity contribution in [1.29, 1.82) is 0 Å². The second-order valence-electron chi connectivity index (χ2n) is 4.17.